The summed E-state index contributed by atoms with van der Waals surface area (Å²) < 4.78 is 39.3. The zero-order chi connectivity index (χ0) is 16.8. The van der Waals surface area contributed by atoms with Crippen molar-refractivity contribution in [3.63, 3.8) is 0 Å². The lowest BCUT2D eigenvalue weighted by molar-refractivity contribution is -0.137. The first-order chi connectivity index (χ1) is 10.8. The first-order valence-corrected chi connectivity index (χ1v) is 6.43. The predicted molar refractivity (Wildman–Crippen MR) is 75.9 cm³/mol. The molecule has 0 amide bonds. The van der Waals surface area contributed by atoms with E-state index < -0.39 is 23.4 Å². The van der Waals surface area contributed by atoms with E-state index in [-0.39, 0.29) is 22.3 Å². The number of benzene rings is 2. The second-order valence-electron chi connectivity index (χ2n) is 4.85. The minimum atomic E-state index is -4.52. The van der Waals surface area contributed by atoms with Crippen molar-refractivity contribution in [1.29, 1.82) is 0 Å². The number of hydrogen-bond donors (Lipinski definition) is 2. The number of carbonyl (C=O) groups is 1. The van der Waals surface area contributed by atoms with Gasteiger partial charge in [0.15, 0.2) is 0 Å². The van der Waals surface area contributed by atoms with Crippen molar-refractivity contribution < 1.29 is 23.1 Å². The number of halogens is 3. The number of rotatable bonds is 2. The molecule has 5 nitrogen and oxygen atoms in total. The minimum Gasteiger partial charge on any atom is -0.478 e. The van der Waals surface area contributed by atoms with Gasteiger partial charge in [0, 0.05) is 0 Å². The third kappa shape index (κ3) is 2.59. The quantitative estimate of drug-likeness (QED) is 0.761. The lowest BCUT2D eigenvalue weighted by Crippen LogP contribution is -2.15. The number of H-pyrrole nitrogens is 1. The normalized spacial score (nSPS) is 11.8. The largest absolute Gasteiger partial charge is 0.478 e. The van der Waals surface area contributed by atoms with Crippen molar-refractivity contribution in [3.8, 4) is 5.69 Å². The van der Waals surface area contributed by atoms with Gasteiger partial charge in [-0.25, -0.2) is 9.59 Å². The van der Waals surface area contributed by atoms with E-state index in [2.05, 4.69) is 4.98 Å². The maximum atomic E-state index is 12.7. The summed E-state index contributed by atoms with van der Waals surface area (Å²) in [6, 6.07) is 8.46. The highest BCUT2D eigenvalue weighted by atomic mass is 19.4. The van der Waals surface area contributed by atoms with Gasteiger partial charge >= 0.3 is 17.8 Å². The molecule has 0 aliphatic rings. The maximum Gasteiger partial charge on any atom is 0.416 e. The van der Waals surface area contributed by atoms with E-state index in [1.54, 1.807) is 0 Å². The Kier molecular flexibility index (Phi) is 3.24. The summed E-state index contributed by atoms with van der Waals surface area (Å²) in [4.78, 5) is 25.4. The van der Waals surface area contributed by atoms with E-state index in [4.69, 9.17) is 5.11 Å². The molecule has 118 valence electrons. The molecule has 1 aromatic heterocycles. The standard InChI is InChI=1S/C15H9F3N2O3/c16-15(17,18)9-4-5-12-11(7-9)19-14(23)20(12)10-3-1-2-8(6-10)13(21)22/h1-7H,(H,19,23)(H,21,22). The number of aromatic amines is 1. The van der Waals surface area contributed by atoms with Gasteiger partial charge in [-0.2, -0.15) is 13.2 Å². The molecule has 0 saturated carbocycles. The van der Waals surface area contributed by atoms with Crippen molar-refractivity contribution in [3.05, 3.63) is 64.1 Å². The third-order valence-corrected chi connectivity index (χ3v) is 3.36. The highest BCUT2D eigenvalue weighted by Gasteiger charge is 2.31. The number of imidazole rings is 1. The zero-order valence-electron chi connectivity index (χ0n) is 11.4. The van der Waals surface area contributed by atoms with Crippen LogP contribution in [0.15, 0.2) is 47.3 Å². The van der Waals surface area contributed by atoms with Crippen molar-refractivity contribution in [2.24, 2.45) is 0 Å². The lowest BCUT2D eigenvalue weighted by Gasteiger charge is -2.07. The highest BCUT2D eigenvalue weighted by Crippen LogP contribution is 2.31. The molecule has 2 N–H and O–H groups in total. The van der Waals surface area contributed by atoms with E-state index in [0.717, 1.165) is 16.7 Å². The van der Waals surface area contributed by atoms with Crippen LogP contribution in [0.25, 0.3) is 16.7 Å². The first-order valence-electron chi connectivity index (χ1n) is 6.43. The monoisotopic (exact) mass is 322 g/mol. The van der Waals surface area contributed by atoms with E-state index in [0.29, 0.717) is 0 Å². The minimum absolute atomic E-state index is 0.0190. The van der Waals surface area contributed by atoms with E-state index in [1.165, 1.54) is 30.3 Å². The van der Waals surface area contributed by atoms with Crippen LogP contribution in [0, 0.1) is 0 Å². The molecule has 0 atom stereocenters. The van der Waals surface area contributed by atoms with Gasteiger partial charge in [-0.15, -0.1) is 0 Å². The maximum absolute atomic E-state index is 12.7. The number of carboxylic acid groups (broad SMARTS) is 1. The van der Waals surface area contributed by atoms with Crippen molar-refractivity contribution in [1.82, 2.24) is 9.55 Å². The van der Waals surface area contributed by atoms with Crippen LogP contribution in [0.3, 0.4) is 0 Å². The topological polar surface area (TPSA) is 75.1 Å². The van der Waals surface area contributed by atoms with Gasteiger partial charge in [-0.1, -0.05) is 6.07 Å². The second kappa shape index (κ2) is 5.01. The van der Waals surface area contributed by atoms with Gasteiger partial charge in [0.05, 0.1) is 27.8 Å². The predicted octanol–water partition coefficient (Wildman–Crippen LogP) is 3.04. The number of fused-ring (bicyclic) bond motifs is 1. The fourth-order valence-corrected chi connectivity index (χ4v) is 2.32. The highest BCUT2D eigenvalue weighted by molar-refractivity contribution is 5.88. The van der Waals surface area contributed by atoms with Gasteiger partial charge in [0.25, 0.3) is 0 Å². The number of hydrogen-bond acceptors (Lipinski definition) is 2. The summed E-state index contributed by atoms with van der Waals surface area (Å²) in [5.41, 5.74) is -1.06. The Hall–Kier alpha value is -3.03. The van der Waals surface area contributed by atoms with Crippen LogP contribution in [-0.2, 0) is 6.18 Å². The average molecular weight is 322 g/mol. The molecule has 0 radical (unpaired) electrons. The Morgan fingerprint density at radius 3 is 2.52 bits per heavy atom. The molecule has 0 bridgehead atoms. The Labute approximate surface area is 126 Å². The Balaban J connectivity index is 2.23. The molecule has 0 aliphatic heterocycles. The van der Waals surface area contributed by atoms with Gasteiger partial charge in [-0.3, -0.25) is 4.57 Å². The fraction of sp³-hybridized carbons (Fsp3) is 0.0667. The molecule has 2 aromatic carbocycles. The summed E-state index contributed by atoms with van der Waals surface area (Å²) >= 11 is 0. The van der Waals surface area contributed by atoms with Gasteiger partial charge < -0.3 is 10.1 Å². The third-order valence-electron chi connectivity index (χ3n) is 3.36. The summed E-state index contributed by atoms with van der Waals surface area (Å²) in [7, 11) is 0. The van der Waals surface area contributed by atoms with Crippen molar-refractivity contribution in [2.75, 3.05) is 0 Å². The van der Waals surface area contributed by atoms with Gasteiger partial charge in [0.2, 0.25) is 0 Å². The van der Waals surface area contributed by atoms with Crippen LogP contribution >= 0.6 is 0 Å². The molecule has 3 aromatic rings. The van der Waals surface area contributed by atoms with Crippen LogP contribution in [-0.4, -0.2) is 20.6 Å². The smallest absolute Gasteiger partial charge is 0.416 e. The van der Waals surface area contributed by atoms with Crippen LogP contribution in [0.2, 0.25) is 0 Å². The van der Waals surface area contributed by atoms with Crippen molar-refractivity contribution >= 4 is 17.0 Å². The van der Waals surface area contributed by atoms with Crippen LogP contribution in [0.4, 0.5) is 13.2 Å². The first kappa shape index (κ1) is 14.9. The summed E-state index contributed by atoms with van der Waals surface area (Å²) in [6.45, 7) is 0. The molecule has 8 heteroatoms. The van der Waals surface area contributed by atoms with Crippen LogP contribution in [0.5, 0.6) is 0 Å². The van der Waals surface area contributed by atoms with E-state index >= 15 is 0 Å². The molecule has 0 fully saturated rings. The summed E-state index contributed by atoms with van der Waals surface area (Å²) in [5.74, 6) is -1.17. The average Bonchev–Trinajstić information content (AvgIpc) is 2.81. The summed E-state index contributed by atoms with van der Waals surface area (Å²) in [5, 5.41) is 9.00. The molecule has 0 unspecified atom stereocenters. The summed E-state index contributed by atoms with van der Waals surface area (Å²) in [6.07, 6.45) is -4.52. The van der Waals surface area contributed by atoms with Crippen LogP contribution < -0.4 is 5.69 Å². The number of aromatic carboxylic acids is 1. The Morgan fingerprint density at radius 1 is 1.13 bits per heavy atom. The SMILES string of the molecule is O=C(O)c1cccc(-n2c(=O)[nH]c3cc(C(F)(F)F)ccc32)c1. The number of nitrogens with one attached hydrogen (secondary N) is 1. The number of carboxylic acids is 1. The molecule has 3 rings (SSSR count). The molecule has 0 aliphatic carbocycles. The number of nitrogens with zero attached hydrogens (tertiary/aromatic N) is 1. The Morgan fingerprint density at radius 2 is 1.87 bits per heavy atom. The molecule has 23 heavy (non-hydrogen) atoms. The fourth-order valence-electron chi connectivity index (χ4n) is 2.32. The van der Waals surface area contributed by atoms with Crippen LogP contribution in [0.1, 0.15) is 15.9 Å². The van der Waals surface area contributed by atoms with E-state index in [9.17, 15) is 22.8 Å². The number of aromatic nitrogens is 2. The lowest BCUT2D eigenvalue weighted by atomic mass is 10.1. The van der Waals surface area contributed by atoms with Gasteiger partial charge in [-0.05, 0) is 36.4 Å². The molecule has 0 saturated heterocycles. The van der Waals surface area contributed by atoms with Gasteiger partial charge in [0.1, 0.15) is 0 Å². The number of alkyl halides is 3. The second-order valence-corrected chi connectivity index (χ2v) is 4.85. The van der Waals surface area contributed by atoms with Crippen molar-refractivity contribution in [2.45, 2.75) is 6.18 Å². The molecule has 0 spiro atoms. The molecular formula is C15H9F3N2O3. The van der Waals surface area contributed by atoms with E-state index in [1.807, 2.05) is 0 Å². The molecular weight excluding hydrogens is 313 g/mol. The zero-order valence-corrected chi connectivity index (χ0v) is 11.4. The molecule has 1 heterocycles. The Bertz CT molecular complexity index is 970.